The molecule has 9 aromatic rings. The molecule has 0 amide bonds. The summed E-state index contributed by atoms with van der Waals surface area (Å²) >= 11 is 0. The van der Waals surface area contributed by atoms with Gasteiger partial charge in [-0.15, -0.1) is 30.6 Å². The number of hydrogen-bond donors (Lipinski definition) is 0. The monoisotopic (exact) mass is 773 g/mol. The number of benzene rings is 6. The minimum absolute atomic E-state index is 0.106. The summed E-state index contributed by atoms with van der Waals surface area (Å²) in [6, 6.07) is 43.4. The molecule has 3 aromatic heterocycles. The summed E-state index contributed by atoms with van der Waals surface area (Å²) in [6.45, 7) is 4.04. The van der Waals surface area contributed by atoms with Crippen LogP contribution in [-0.4, -0.2) is 30.6 Å². The van der Waals surface area contributed by atoms with E-state index in [9.17, 15) is 13.2 Å². The Bertz CT molecular complexity index is 2690. The number of hydrogen-bond acceptors (Lipinski definition) is 10. The number of nitrogens with zero attached hydrogens (tertiary/aromatic N) is 7. The van der Waals surface area contributed by atoms with Crippen LogP contribution in [0.2, 0.25) is 0 Å². The number of halogens is 3. The first-order valence-corrected chi connectivity index (χ1v) is 18.1. The maximum Gasteiger partial charge on any atom is 0.416 e. The third-order valence-corrected chi connectivity index (χ3v) is 9.45. The molecule has 0 spiro atoms. The Balaban J connectivity index is 1.01. The van der Waals surface area contributed by atoms with E-state index >= 15 is 0 Å². The van der Waals surface area contributed by atoms with E-state index in [-0.39, 0.29) is 11.8 Å². The molecule has 58 heavy (non-hydrogen) atoms. The van der Waals surface area contributed by atoms with Crippen molar-refractivity contribution in [1.29, 1.82) is 0 Å². The van der Waals surface area contributed by atoms with Gasteiger partial charge in [-0.3, -0.25) is 0 Å². The highest BCUT2D eigenvalue weighted by atomic mass is 19.4. The topological polar surface area (TPSA) is 120 Å². The van der Waals surface area contributed by atoms with Crippen LogP contribution in [0, 0.1) is 13.8 Å². The number of anilines is 3. The van der Waals surface area contributed by atoms with Crippen LogP contribution in [0.25, 0.3) is 68.7 Å². The van der Waals surface area contributed by atoms with Crippen LogP contribution in [0.4, 0.5) is 30.2 Å². The van der Waals surface area contributed by atoms with Crippen LogP contribution in [0.1, 0.15) is 16.7 Å². The smallest absolute Gasteiger partial charge is 0.416 e. The van der Waals surface area contributed by atoms with Gasteiger partial charge in [-0.25, -0.2) is 0 Å². The standard InChI is InChI=1S/C45H30F3N7O3/c1-27-3-7-29(8-4-27)39-49-52-42(56-39)32-13-21-36(22-14-32)55(37-23-15-33(16-24-37)43-53-50-40(57-43)30-9-5-28(2)6-10-30)38-25-17-34(18-26-38)44-54-51-41(58-44)31-11-19-35(20-12-31)45(46,47)48/h3-26H,1-2H3. The van der Waals surface area contributed by atoms with Crippen molar-refractivity contribution in [3.05, 3.63) is 162 Å². The van der Waals surface area contributed by atoms with Crippen molar-refractivity contribution in [2.75, 3.05) is 4.90 Å². The van der Waals surface area contributed by atoms with Crippen molar-refractivity contribution in [2.45, 2.75) is 20.0 Å². The number of aromatic nitrogens is 6. The fraction of sp³-hybridized carbons (Fsp3) is 0.0667. The van der Waals surface area contributed by atoms with E-state index in [0.29, 0.717) is 34.7 Å². The second-order valence-electron chi connectivity index (χ2n) is 13.5. The van der Waals surface area contributed by atoms with E-state index < -0.39 is 11.7 Å². The lowest BCUT2D eigenvalue weighted by molar-refractivity contribution is -0.137. The summed E-state index contributed by atoms with van der Waals surface area (Å²) < 4.78 is 57.2. The van der Waals surface area contributed by atoms with Gasteiger partial charge in [0.25, 0.3) is 0 Å². The van der Waals surface area contributed by atoms with E-state index in [2.05, 4.69) is 35.5 Å². The third kappa shape index (κ3) is 7.35. The van der Waals surface area contributed by atoms with Gasteiger partial charge in [-0.2, -0.15) is 13.2 Å². The molecule has 13 heteroatoms. The molecule has 284 valence electrons. The molecular weight excluding hydrogens is 744 g/mol. The first kappa shape index (κ1) is 36.0. The van der Waals surface area contributed by atoms with Crippen molar-refractivity contribution in [3.63, 3.8) is 0 Å². The molecule has 10 nitrogen and oxygen atoms in total. The summed E-state index contributed by atoms with van der Waals surface area (Å²) in [5, 5.41) is 25.4. The second-order valence-corrected chi connectivity index (χ2v) is 13.5. The van der Waals surface area contributed by atoms with Crippen LogP contribution < -0.4 is 4.90 Å². The average molecular weight is 774 g/mol. The highest BCUT2D eigenvalue weighted by Gasteiger charge is 2.30. The summed E-state index contributed by atoms with van der Waals surface area (Å²) in [7, 11) is 0. The Morgan fingerprint density at radius 1 is 0.345 bits per heavy atom. The predicted octanol–water partition coefficient (Wildman–Crippen LogP) is 11.9. The van der Waals surface area contributed by atoms with Gasteiger partial charge in [0.15, 0.2) is 0 Å². The van der Waals surface area contributed by atoms with Crippen molar-refractivity contribution in [1.82, 2.24) is 30.6 Å². The molecule has 0 fully saturated rings. The summed E-state index contributed by atoms with van der Waals surface area (Å²) in [5.74, 6) is 1.97. The molecule has 0 radical (unpaired) electrons. The minimum Gasteiger partial charge on any atom is -0.416 e. The van der Waals surface area contributed by atoms with Crippen molar-refractivity contribution in [2.24, 2.45) is 0 Å². The lowest BCUT2D eigenvalue weighted by Crippen LogP contribution is -2.09. The normalized spacial score (nSPS) is 11.5. The van der Waals surface area contributed by atoms with E-state index in [1.54, 1.807) is 0 Å². The van der Waals surface area contributed by atoms with Crippen molar-refractivity contribution in [3.8, 4) is 68.7 Å². The molecule has 0 saturated carbocycles. The van der Waals surface area contributed by atoms with Crippen LogP contribution in [0.15, 0.2) is 159 Å². The molecule has 9 rings (SSSR count). The lowest BCUT2D eigenvalue weighted by Gasteiger charge is -2.25. The quantitative estimate of drug-likeness (QED) is 0.140. The SMILES string of the molecule is Cc1ccc(-c2nnc(-c3ccc(N(c4ccc(-c5nnc(-c6ccc(C)cc6)o5)cc4)c4ccc(-c5nnc(-c6ccc(C(F)(F)F)cc6)o5)cc4)cc3)o2)cc1. The third-order valence-electron chi connectivity index (χ3n) is 9.45. The maximum absolute atomic E-state index is 13.1. The molecule has 0 unspecified atom stereocenters. The molecule has 0 bridgehead atoms. The predicted molar refractivity (Wildman–Crippen MR) is 212 cm³/mol. The molecule has 0 aliphatic carbocycles. The molecule has 0 atom stereocenters. The first-order chi connectivity index (χ1) is 28.1. The number of aryl methyl sites for hydroxylation is 2. The van der Waals surface area contributed by atoms with Gasteiger partial charge < -0.3 is 18.2 Å². The molecule has 0 saturated heterocycles. The minimum atomic E-state index is -4.45. The zero-order chi connectivity index (χ0) is 39.8. The van der Waals surface area contributed by atoms with Crippen LogP contribution in [-0.2, 0) is 6.18 Å². The zero-order valence-corrected chi connectivity index (χ0v) is 30.8. The largest absolute Gasteiger partial charge is 0.416 e. The zero-order valence-electron chi connectivity index (χ0n) is 30.8. The van der Waals surface area contributed by atoms with Crippen LogP contribution in [0.5, 0.6) is 0 Å². The molecule has 0 N–H and O–H groups in total. The van der Waals surface area contributed by atoms with Gasteiger partial charge >= 0.3 is 6.18 Å². The summed E-state index contributed by atoms with van der Waals surface area (Å²) in [6.07, 6.45) is -4.45. The fourth-order valence-electron chi connectivity index (χ4n) is 6.27. The Morgan fingerprint density at radius 3 is 0.810 bits per heavy atom. The van der Waals surface area contributed by atoms with Gasteiger partial charge in [0, 0.05) is 50.4 Å². The number of rotatable bonds is 9. The van der Waals surface area contributed by atoms with E-state index in [1.165, 1.54) is 12.1 Å². The summed E-state index contributed by atoms with van der Waals surface area (Å²) in [4.78, 5) is 2.07. The highest BCUT2D eigenvalue weighted by molar-refractivity contribution is 5.79. The Morgan fingerprint density at radius 2 is 0.569 bits per heavy atom. The highest BCUT2D eigenvalue weighted by Crippen LogP contribution is 2.38. The molecule has 0 aliphatic heterocycles. The van der Waals surface area contributed by atoms with Gasteiger partial charge in [-0.05, 0) is 135 Å². The molecular formula is C45H30F3N7O3. The van der Waals surface area contributed by atoms with Gasteiger partial charge in [0.1, 0.15) is 0 Å². The second kappa shape index (κ2) is 14.8. The van der Waals surface area contributed by atoms with Gasteiger partial charge in [-0.1, -0.05) is 35.4 Å². The Hall–Kier alpha value is -7.67. The lowest BCUT2D eigenvalue weighted by atomic mass is 10.1. The average Bonchev–Trinajstić information content (AvgIpc) is 4.05. The van der Waals surface area contributed by atoms with Crippen molar-refractivity contribution < 1.29 is 26.4 Å². The molecule has 0 aliphatic rings. The van der Waals surface area contributed by atoms with Crippen LogP contribution in [0.3, 0.4) is 0 Å². The van der Waals surface area contributed by atoms with E-state index in [4.69, 9.17) is 13.3 Å². The first-order valence-electron chi connectivity index (χ1n) is 18.1. The number of alkyl halides is 3. The Kier molecular flexibility index (Phi) is 9.17. The van der Waals surface area contributed by atoms with E-state index in [1.807, 2.05) is 135 Å². The van der Waals surface area contributed by atoms with E-state index in [0.717, 1.165) is 62.6 Å². The summed E-state index contributed by atoms with van der Waals surface area (Å²) in [5.41, 5.74) is 8.17. The Labute approximate surface area is 329 Å². The maximum atomic E-state index is 13.1. The molecule has 6 aromatic carbocycles. The fourth-order valence-corrected chi connectivity index (χ4v) is 6.27. The van der Waals surface area contributed by atoms with Crippen LogP contribution >= 0.6 is 0 Å². The van der Waals surface area contributed by atoms with Crippen molar-refractivity contribution >= 4 is 17.1 Å². The molecule has 3 heterocycles. The van der Waals surface area contributed by atoms with Gasteiger partial charge in [0.2, 0.25) is 35.3 Å². The van der Waals surface area contributed by atoms with Gasteiger partial charge in [0.05, 0.1) is 5.56 Å².